The molecule has 0 atom stereocenters. The maximum atomic E-state index is 12.4. The van der Waals surface area contributed by atoms with Crippen LogP contribution in [0.2, 0.25) is 0 Å². The normalized spacial score (nSPS) is 10.5. The van der Waals surface area contributed by atoms with Gasteiger partial charge in [-0.1, -0.05) is 5.92 Å². The van der Waals surface area contributed by atoms with Crippen LogP contribution >= 0.6 is 0 Å². The number of nitriles is 1. The summed E-state index contributed by atoms with van der Waals surface area (Å²) in [5.41, 5.74) is -0.497. The number of hydrogen-bond acceptors (Lipinski definition) is 2. The fourth-order valence-electron chi connectivity index (χ4n) is 1.36. The highest BCUT2D eigenvalue weighted by Crippen LogP contribution is 2.32. The monoisotopic (exact) mass is 238 g/mol. The Kier molecular flexibility index (Phi) is 3.65. The molecule has 0 heterocycles. The Balaban J connectivity index is 3.21. The summed E-state index contributed by atoms with van der Waals surface area (Å²) < 4.78 is 37.3. The van der Waals surface area contributed by atoms with Gasteiger partial charge < -0.3 is 4.90 Å². The van der Waals surface area contributed by atoms with Crippen molar-refractivity contribution in [2.45, 2.75) is 6.18 Å². The highest BCUT2D eigenvalue weighted by molar-refractivity contribution is 5.60. The van der Waals surface area contributed by atoms with Gasteiger partial charge in [-0.05, 0) is 18.2 Å². The number of nitrogens with zero attached hydrogens (tertiary/aromatic N) is 2. The van der Waals surface area contributed by atoms with Gasteiger partial charge in [-0.15, -0.1) is 6.42 Å². The molecular formula is C12H9F3N2. The number of terminal acetylenes is 1. The lowest BCUT2D eigenvalue weighted by Gasteiger charge is -2.18. The first-order valence-corrected chi connectivity index (χ1v) is 4.66. The van der Waals surface area contributed by atoms with Crippen LogP contribution in [0.25, 0.3) is 0 Å². The lowest BCUT2D eigenvalue weighted by Crippen LogP contribution is -2.18. The Morgan fingerprint density at radius 2 is 2.06 bits per heavy atom. The highest BCUT2D eigenvalue weighted by Gasteiger charge is 2.31. The Morgan fingerprint density at radius 3 is 2.53 bits per heavy atom. The third kappa shape index (κ3) is 2.92. The minimum absolute atomic E-state index is 0.0439. The van der Waals surface area contributed by atoms with Crippen LogP contribution in [0, 0.1) is 23.7 Å². The van der Waals surface area contributed by atoms with Gasteiger partial charge in [0.2, 0.25) is 0 Å². The summed E-state index contributed by atoms with van der Waals surface area (Å²) in [5.74, 6) is 2.36. The lowest BCUT2D eigenvalue weighted by atomic mass is 10.1. The second kappa shape index (κ2) is 4.80. The first-order chi connectivity index (χ1) is 7.90. The molecule has 5 heteroatoms. The van der Waals surface area contributed by atoms with Gasteiger partial charge in [0.05, 0.1) is 23.4 Å². The quantitative estimate of drug-likeness (QED) is 0.740. The molecule has 1 rings (SSSR count). The van der Waals surface area contributed by atoms with Crippen LogP contribution in [0.15, 0.2) is 18.2 Å². The van der Waals surface area contributed by atoms with Crippen LogP contribution in [-0.4, -0.2) is 13.6 Å². The molecule has 0 radical (unpaired) electrons. The second-order valence-electron chi connectivity index (χ2n) is 3.40. The SMILES string of the molecule is C#CCN(C)c1ccc(C(F)(F)F)cc1C#N. The number of alkyl halides is 3. The molecule has 0 saturated carbocycles. The van der Waals surface area contributed by atoms with E-state index in [9.17, 15) is 13.2 Å². The lowest BCUT2D eigenvalue weighted by molar-refractivity contribution is -0.137. The van der Waals surface area contributed by atoms with Crippen molar-refractivity contribution >= 4 is 5.69 Å². The summed E-state index contributed by atoms with van der Waals surface area (Å²) in [6.07, 6.45) is 0.653. The Morgan fingerprint density at radius 1 is 1.41 bits per heavy atom. The minimum Gasteiger partial charge on any atom is -0.362 e. The van der Waals surface area contributed by atoms with Crippen molar-refractivity contribution in [2.75, 3.05) is 18.5 Å². The van der Waals surface area contributed by atoms with E-state index in [2.05, 4.69) is 5.92 Å². The molecule has 1 aromatic rings. The molecule has 0 amide bonds. The second-order valence-corrected chi connectivity index (χ2v) is 3.40. The number of benzene rings is 1. The zero-order valence-electron chi connectivity index (χ0n) is 9.04. The van der Waals surface area contributed by atoms with Crippen molar-refractivity contribution < 1.29 is 13.2 Å². The molecule has 88 valence electrons. The van der Waals surface area contributed by atoms with Crippen molar-refractivity contribution in [1.82, 2.24) is 0 Å². The predicted molar refractivity (Wildman–Crippen MR) is 58.3 cm³/mol. The van der Waals surface area contributed by atoms with Gasteiger partial charge in [-0.3, -0.25) is 0 Å². The van der Waals surface area contributed by atoms with Gasteiger partial charge in [0.1, 0.15) is 6.07 Å². The molecule has 0 saturated heterocycles. The fraction of sp³-hybridized carbons (Fsp3) is 0.250. The van der Waals surface area contributed by atoms with Crippen molar-refractivity contribution in [3.8, 4) is 18.4 Å². The van der Waals surface area contributed by atoms with Gasteiger partial charge in [-0.2, -0.15) is 18.4 Å². The molecule has 0 aliphatic rings. The molecule has 0 aliphatic heterocycles. The maximum Gasteiger partial charge on any atom is 0.416 e. The van der Waals surface area contributed by atoms with E-state index in [4.69, 9.17) is 11.7 Å². The van der Waals surface area contributed by atoms with Crippen LogP contribution in [-0.2, 0) is 6.18 Å². The van der Waals surface area contributed by atoms with E-state index in [0.717, 1.165) is 12.1 Å². The predicted octanol–water partition coefficient (Wildman–Crippen LogP) is 2.65. The van der Waals surface area contributed by atoms with E-state index >= 15 is 0 Å². The Bertz CT molecular complexity index is 492. The van der Waals surface area contributed by atoms with Crippen LogP contribution < -0.4 is 4.90 Å². The molecule has 0 N–H and O–H groups in total. The van der Waals surface area contributed by atoms with E-state index in [-0.39, 0.29) is 12.1 Å². The maximum absolute atomic E-state index is 12.4. The van der Waals surface area contributed by atoms with Gasteiger partial charge in [0.15, 0.2) is 0 Å². The van der Waals surface area contributed by atoms with Crippen molar-refractivity contribution in [2.24, 2.45) is 0 Å². The standard InChI is InChI=1S/C12H9F3N2/c1-3-6-17(2)11-5-4-10(12(13,14)15)7-9(11)8-16/h1,4-5,7H,6H2,2H3. The van der Waals surface area contributed by atoms with Gasteiger partial charge >= 0.3 is 6.18 Å². The highest BCUT2D eigenvalue weighted by atomic mass is 19.4. The zero-order valence-corrected chi connectivity index (χ0v) is 9.04. The molecule has 0 bridgehead atoms. The van der Waals surface area contributed by atoms with Crippen molar-refractivity contribution in [3.63, 3.8) is 0 Å². The zero-order chi connectivity index (χ0) is 13.1. The van der Waals surface area contributed by atoms with E-state index in [1.807, 2.05) is 0 Å². The minimum atomic E-state index is -4.45. The number of rotatable bonds is 2. The van der Waals surface area contributed by atoms with Crippen LogP contribution in [0.4, 0.5) is 18.9 Å². The number of hydrogen-bond donors (Lipinski definition) is 0. The molecule has 2 nitrogen and oxygen atoms in total. The van der Waals surface area contributed by atoms with E-state index in [0.29, 0.717) is 5.69 Å². The molecule has 0 fully saturated rings. The first-order valence-electron chi connectivity index (χ1n) is 4.66. The Labute approximate surface area is 97.3 Å². The third-order valence-electron chi connectivity index (χ3n) is 2.18. The summed E-state index contributed by atoms with van der Waals surface area (Å²) >= 11 is 0. The molecule has 0 unspecified atom stereocenters. The summed E-state index contributed by atoms with van der Waals surface area (Å²) in [6, 6.07) is 4.74. The van der Waals surface area contributed by atoms with Crippen molar-refractivity contribution in [3.05, 3.63) is 29.3 Å². The average molecular weight is 238 g/mol. The number of halogens is 3. The van der Waals surface area contributed by atoms with Gasteiger partial charge in [-0.25, -0.2) is 0 Å². The fourth-order valence-corrected chi connectivity index (χ4v) is 1.36. The van der Waals surface area contributed by atoms with Crippen LogP contribution in [0.3, 0.4) is 0 Å². The largest absolute Gasteiger partial charge is 0.416 e. The Hall–Kier alpha value is -2.14. The van der Waals surface area contributed by atoms with Crippen LogP contribution in [0.1, 0.15) is 11.1 Å². The number of anilines is 1. The molecule has 0 spiro atoms. The van der Waals surface area contributed by atoms with Crippen LogP contribution in [0.5, 0.6) is 0 Å². The summed E-state index contributed by atoms with van der Waals surface area (Å²) in [7, 11) is 1.61. The van der Waals surface area contributed by atoms with Crippen molar-refractivity contribution in [1.29, 1.82) is 5.26 Å². The van der Waals surface area contributed by atoms with E-state index in [1.54, 1.807) is 18.0 Å². The van der Waals surface area contributed by atoms with Gasteiger partial charge in [0.25, 0.3) is 0 Å². The summed E-state index contributed by atoms with van der Waals surface area (Å²) in [4.78, 5) is 1.54. The molecule has 1 aromatic carbocycles. The summed E-state index contributed by atoms with van der Waals surface area (Å²) in [6.45, 7) is 0.222. The first kappa shape index (κ1) is 12.9. The molecule has 17 heavy (non-hydrogen) atoms. The third-order valence-corrected chi connectivity index (χ3v) is 2.18. The molecular weight excluding hydrogens is 229 g/mol. The van der Waals surface area contributed by atoms with E-state index in [1.165, 1.54) is 6.07 Å². The molecule has 0 aliphatic carbocycles. The molecule has 0 aromatic heterocycles. The van der Waals surface area contributed by atoms with Gasteiger partial charge in [0, 0.05) is 7.05 Å². The average Bonchev–Trinajstić information content (AvgIpc) is 2.27. The van der Waals surface area contributed by atoms with E-state index < -0.39 is 11.7 Å². The summed E-state index contributed by atoms with van der Waals surface area (Å²) in [5, 5.41) is 8.83. The smallest absolute Gasteiger partial charge is 0.362 e. The topological polar surface area (TPSA) is 27.0 Å².